The van der Waals surface area contributed by atoms with Gasteiger partial charge in [0.1, 0.15) is 5.52 Å². The van der Waals surface area contributed by atoms with Gasteiger partial charge >= 0.3 is 0 Å². The quantitative estimate of drug-likeness (QED) is 0.152. The third-order valence-corrected chi connectivity index (χ3v) is 11.3. The molecule has 0 amide bonds. The Labute approximate surface area is 336 Å². The second kappa shape index (κ2) is 14.1. The summed E-state index contributed by atoms with van der Waals surface area (Å²) in [6, 6.07) is 77.8. The zero-order valence-corrected chi connectivity index (χ0v) is 31.6. The van der Waals surface area contributed by atoms with E-state index in [1.54, 1.807) is 0 Å². The first-order valence-electron chi connectivity index (χ1n) is 19.7. The molecule has 1 heterocycles. The van der Waals surface area contributed by atoms with E-state index in [0.717, 1.165) is 55.6 Å². The Hall–Kier alpha value is -7.75. The molecule has 10 aromatic carbocycles. The summed E-state index contributed by atoms with van der Waals surface area (Å²) in [7, 11) is 0. The van der Waals surface area contributed by atoms with Gasteiger partial charge in [0.2, 0.25) is 5.89 Å². The number of anilines is 3. The molecule has 0 saturated carbocycles. The second-order valence-corrected chi connectivity index (χ2v) is 14.8. The maximum atomic E-state index is 6.22. The summed E-state index contributed by atoms with van der Waals surface area (Å²) in [5.41, 5.74) is 12.9. The van der Waals surface area contributed by atoms with E-state index >= 15 is 0 Å². The molecule has 3 nitrogen and oxygen atoms in total. The lowest BCUT2D eigenvalue weighted by Gasteiger charge is -2.26. The van der Waals surface area contributed by atoms with Gasteiger partial charge in [0.25, 0.3) is 0 Å². The normalized spacial score (nSPS) is 11.4. The molecule has 1 aromatic heterocycles. The van der Waals surface area contributed by atoms with Crippen molar-refractivity contribution in [1.29, 1.82) is 0 Å². The van der Waals surface area contributed by atoms with Gasteiger partial charge in [0, 0.05) is 28.0 Å². The van der Waals surface area contributed by atoms with Crippen LogP contribution in [0.2, 0.25) is 0 Å². The zero-order valence-electron chi connectivity index (χ0n) is 31.6. The van der Waals surface area contributed by atoms with Crippen molar-refractivity contribution in [2.24, 2.45) is 0 Å². The lowest BCUT2D eigenvalue weighted by Crippen LogP contribution is -2.10. The molecule has 0 aliphatic carbocycles. The molecule has 0 saturated heterocycles. The molecule has 0 spiro atoms. The van der Waals surface area contributed by atoms with Crippen LogP contribution in [0.25, 0.3) is 88.3 Å². The molecular weight excluding hydrogens is 705 g/mol. The molecule has 11 rings (SSSR count). The summed E-state index contributed by atoms with van der Waals surface area (Å²) in [4.78, 5) is 7.25. The molecule has 3 heteroatoms. The Morgan fingerprint density at radius 3 is 1.62 bits per heavy atom. The topological polar surface area (TPSA) is 29.3 Å². The minimum absolute atomic E-state index is 0.626. The van der Waals surface area contributed by atoms with Crippen LogP contribution in [0.15, 0.2) is 223 Å². The number of oxazole rings is 1. The zero-order chi connectivity index (χ0) is 38.4. The molecule has 0 unspecified atom stereocenters. The van der Waals surface area contributed by atoms with Gasteiger partial charge in [0.05, 0.1) is 0 Å². The van der Waals surface area contributed by atoms with Crippen LogP contribution in [0.4, 0.5) is 17.1 Å². The van der Waals surface area contributed by atoms with Crippen molar-refractivity contribution in [3.8, 4) is 44.8 Å². The second-order valence-electron chi connectivity index (χ2n) is 14.8. The third kappa shape index (κ3) is 5.98. The Morgan fingerprint density at radius 2 is 0.879 bits per heavy atom. The van der Waals surface area contributed by atoms with E-state index in [1.807, 2.05) is 18.2 Å². The van der Waals surface area contributed by atoms with Gasteiger partial charge in [-0.3, -0.25) is 0 Å². The number of nitrogens with zero attached hydrogens (tertiary/aromatic N) is 2. The largest absolute Gasteiger partial charge is 0.436 e. The first-order valence-corrected chi connectivity index (χ1v) is 19.7. The highest BCUT2D eigenvalue weighted by Crippen LogP contribution is 2.40. The predicted molar refractivity (Wildman–Crippen MR) is 243 cm³/mol. The van der Waals surface area contributed by atoms with Crippen LogP contribution in [-0.2, 0) is 0 Å². The van der Waals surface area contributed by atoms with Crippen molar-refractivity contribution in [1.82, 2.24) is 4.98 Å². The van der Waals surface area contributed by atoms with E-state index in [-0.39, 0.29) is 0 Å². The van der Waals surface area contributed by atoms with Crippen LogP contribution in [0, 0.1) is 0 Å². The van der Waals surface area contributed by atoms with Crippen molar-refractivity contribution >= 4 is 60.5 Å². The van der Waals surface area contributed by atoms with Crippen LogP contribution >= 0.6 is 0 Å². The fourth-order valence-corrected chi connectivity index (χ4v) is 8.38. The Kier molecular flexibility index (Phi) is 8.15. The van der Waals surface area contributed by atoms with Gasteiger partial charge in [-0.25, -0.2) is 4.98 Å². The minimum atomic E-state index is 0.626. The van der Waals surface area contributed by atoms with Gasteiger partial charge < -0.3 is 9.32 Å². The lowest BCUT2D eigenvalue weighted by molar-refractivity contribution is 0.620. The molecule has 0 aliphatic heterocycles. The smallest absolute Gasteiger partial charge is 0.227 e. The highest BCUT2D eigenvalue weighted by molar-refractivity contribution is 6.13. The number of fused-ring (bicyclic) bond motifs is 6. The third-order valence-electron chi connectivity index (χ3n) is 11.3. The first-order chi connectivity index (χ1) is 28.7. The van der Waals surface area contributed by atoms with E-state index in [4.69, 9.17) is 9.40 Å². The van der Waals surface area contributed by atoms with Gasteiger partial charge in [-0.2, -0.15) is 0 Å². The van der Waals surface area contributed by atoms with Crippen LogP contribution in [0.5, 0.6) is 0 Å². The van der Waals surface area contributed by atoms with Crippen molar-refractivity contribution in [2.75, 3.05) is 4.90 Å². The maximum Gasteiger partial charge on any atom is 0.227 e. The van der Waals surface area contributed by atoms with E-state index in [1.165, 1.54) is 43.8 Å². The summed E-state index contributed by atoms with van der Waals surface area (Å²) < 4.78 is 6.22. The Morgan fingerprint density at radius 1 is 0.328 bits per heavy atom. The van der Waals surface area contributed by atoms with E-state index in [2.05, 4.69) is 205 Å². The summed E-state index contributed by atoms with van der Waals surface area (Å²) in [6.07, 6.45) is 0. The van der Waals surface area contributed by atoms with Crippen molar-refractivity contribution < 1.29 is 4.42 Å². The average molecular weight is 741 g/mol. The summed E-state index contributed by atoms with van der Waals surface area (Å²) in [6.45, 7) is 0. The van der Waals surface area contributed by atoms with Crippen molar-refractivity contribution in [3.63, 3.8) is 0 Å². The highest BCUT2D eigenvalue weighted by Gasteiger charge is 2.16. The molecule has 11 aromatic rings. The summed E-state index contributed by atoms with van der Waals surface area (Å²) in [5, 5.41) is 7.31. The van der Waals surface area contributed by atoms with E-state index in [9.17, 15) is 0 Å². The monoisotopic (exact) mass is 740 g/mol. The van der Waals surface area contributed by atoms with Crippen molar-refractivity contribution in [2.45, 2.75) is 0 Å². The predicted octanol–water partition coefficient (Wildman–Crippen LogP) is 15.4. The van der Waals surface area contributed by atoms with Gasteiger partial charge in [-0.1, -0.05) is 158 Å². The lowest BCUT2D eigenvalue weighted by atomic mass is 9.93. The molecule has 0 atom stereocenters. The fraction of sp³-hybridized carbons (Fsp3) is 0. The Bertz CT molecular complexity index is 3260. The number of aromatic nitrogens is 1. The maximum absolute atomic E-state index is 6.22. The fourth-order valence-electron chi connectivity index (χ4n) is 8.38. The number of hydrogen-bond donors (Lipinski definition) is 0. The first kappa shape index (κ1) is 33.6. The number of rotatable bonds is 7. The highest BCUT2D eigenvalue weighted by atomic mass is 16.3. The molecule has 0 bridgehead atoms. The van der Waals surface area contributed by atoms with E-state index < -0.39 is 0 Å². The standard InChI is InChI=1S/C55H36N2O/c1-2-11-37(12-3-1)43-15-10-16-47(35-43)57(46-32-27-41(28-33-46)52-36-44-14-5-6-17-48(44)50-19-8-9-20-51(50)52)45-30-25-39(26-31-45)38-21-23-42(24-22-38)55-56-54-49-18-7-4-13-40(49)29-34-53(54)58-55/h1-36H. The van der Waals surface area contributed by atoms with Crippen LogP contribution < -0.4 is 4.90 Å². The van der Waals surface area contributed by atoms with Gasteiger partial charge in [0.15, 0.2) is 5.58 Å². The number of benzene rings is 10. The molecule has 0 fully saturated rings. The average Bonchev–Trinajstić information content (AvgIpc) is 3.75. The van der Waals surface area contributed by atoms with Crippen LogP contribution in [0.1, 0.15) is 0 Å². The van der Waals surface area contributed by atoms with Crippen molar-refractivity contribution in [3.05, 3.63) is 218 Å². The molecule has 272 valence electrons. The molecule has 0 N–H and O–H groups in total. The van der Waals surface area contributed by atoms with Crippen LogP contribution in [-0.4, -0.2) is 4.98 Å². The minimum Gasteiger partial charge on any atom is -0.436 e. The molecule has 0 radical (unpaired) electrons. The Balaban J connectivity index is 0.948. The molecular formula is C55H36N2O. The summed E-state index contributed by atoms with van der Waals surface area (Å²) >= 11 is 0. The van der Waals surface area contributed by atoms with E-state index in [0.29, 0.717) is 5.89 Å². The van der Waals surface area contributed by atoms with Crippen LogP contribution in [0.3, 0.4) is 0 Å². The SMILES string of the molecule is c1ccc(-c2cccc(N(c3ccc(-c4ccc(-c5nc6c(ccc7ccccc76)o5)cc4)cc3)c3ccc(-c4cc5ccccc5c5ccccc45)cc3)c2)cc1. The summed E-state index contributed by atoms with van der Waals surface area (Å²) in [5.74, 6) is 0.626. The molecule has 58 heavy (non-hydrogen) atoms. The molecule has 0 aliphatic rings. The van der Waals surface area contributed by atoms with Gasteiger partial charge in [-0.05, 0) is 121 Å². The van der Waals surface area contributed by atoms with Gasteiger partial charge in [-0.15, -0.1) is 0 Å². The number of hydrogen-bond acceptors (Lipinski definition) is 3.